The Hall–Kier alpha value is -2.37. The van der Waals surface area contributed by atoms with Crippen LogP contribution < -0.4 is 10.6 Å². The highest BCUT2D eigenvalue weighted by atomic mass is 16.5. The SMILES string of the molecule is CNC(=O)NC(=O)[C@H](C)OC(=O)c1ccc(C2CCCCC2)cc1. The quantitative estimate of drug-likeness (QED) is 0.830. The zero-order chi connectivity index (χ0) is 17.5. The van der Waals surface area contributed by atoms with E-state index in [9.17, 15) is 14.4 Å². The molecule has 1 aliphatic carbocycles. The van der Waals surface area contributed by atoms with Gasteiger partial charge in [-0.1, -0.05) is 31.4 Å². The molecule has 0 aliphatic heterocycles. The summed E-state index contributed by atoms with van der Waals surface area (Å²) in [5.41, 5.74) is 1.64. The van der Waals surface area contributed by atoms with Gasteiger partial charge in [-0.15, -0.1) is 0 Å². The van der Waals surface area contributed by atoms with E-state index >= 15 is 0 Å². The molecule has 1 aromatic carbocycles. The molecule has 0 bridgehead atoms. The third-order valence-electron chi connectivity index (χ3n) is 4.34. The van der Waals surface area contributed by atoms with Crippen LogP contribution in [0.2, 0.25) is 0 Å². The summed E-state index contributed by atoms with van der Waals surface area (Å²) in [6.45, 7) is 1.42. The molecule has 1 aromatic rings. The first-order valence-electron chi connectivity index (χ1n) is 8.34. The summed E-state index contributed by atoms with van der Waals surface area (Å²) in [5.74, 6) is -0.674. The number of imide groups is 1. The Bertz CT molecular complexity index is 592. The number of carbonyl (C=O) groups excluding carboxylic acids is 3. The number of benzene rings is 1. The Morgan fingerprint density at radius 2 is 1.71 bits per heavy atom. The van der Waals surface area contributed by atoms with Crippen molar-refractivity contribution in [2.24, 2.45) is 0 Å². The fourth-order valence-electron chi connectivity index (χ4n) is 2.89. The van der Waals surface area contributed by atoms with Gasteiger partial charge in [-0.05, 0) is 43.4 Å². The molecule has 1 saturated carbocycles. The lowest BCUT2D eigenvalue weighted by Gasteiger charge is -2.22. The van der Waals surface area contributed by atoms with Crippen LogP contribution in [0.1, 0.15) is 60.9 Å². The highest BCUT2D eigenvalue weighted by molar-refractivity contribution is 5.98. The Morgan fingerprint density at radius 3 is 2.29 bits per heavy atom. The predicted octanol–water partition coefficient (Wildman–Crippen LogP) is 2.74. The molecule has 1 aliphatic rings. The Labute approximate surface area is 142 Å². The maximum absolute atomic E-state index is 12.1. The Balaban J connectivity index is 1.92. The van der Waals surface area contributed by atoms with E-state index in [1.807, 2.05) is 12.1 Å². The van der Waals surface area contributed by atoms with Crippen LogP contribution in [0.4, 0.5) is 4.79 Å². The molecule has 24 heavy (non-hydrogen) atoms. The van der Waals surface area contributed by atoms with Crippen LogP contribution in [0, 0.1) is 0 Å². The third-order valence-corrected chi connectivity index (χ3v) is 4.34. The minimum atomic E-state index is -1.05. The molecule has 1 fully saturated rings. The van der Waals surface area contributed by atoms with Crippen molar-refractivity contribution in [2.75, 3.05) is 7.05 Å². The van der Waals surface area contributed by atoms with Crippen molar-refractivity contribution >= 4 is 17.9 Å². The minimum absolute atomic E-state index is 0.397. The molecule has 0 saturated heterocycles. The summed E-state index contributed by atoms with van der Waals surface area (Å²) in [4.78, 5) is 34.9. The van der Waals surface area contributed by atoms with Crippen LogP contribution in [0.3, 0.4) is 0 Å². The highest BCUT2D eigenvalue weighted by Crippen LogP contribution is 2.32. The summed E-state index contributed by atoms with van der Waals surface area (Å²) in [7, 11) is 1.40. The van der Waals surface area contributed by atoms with E-state index in [4.69, 9.17) is 4.74 Å². The standard InChI is InChI=1S/C18H24N2O4/c1-12(16(21)20-18(23)19-2)24-17(22)15-10-8-14(9-11-15)13-6-4-3-5-7-13/h8-13H,3-7H2,1-2H3,(H2,19,20,21,23)/t12-/m0/s1. The second-order valence-corrected chi connectivity index (χ2v) is 6.07. The summed E-state index contributed by atoms with van der Waals surface area (Å²) in [6, 6.07) is 6.74. The smallest absolute Gasteiger partial charge is 0.338 e. The van der Waals surface area contributed by atoms with Crippen LogP contribution in [0.5, 0.6) is 0 Å². The molecule has 130 valence electrons. The fourth-order valence-corrected chi connectivity index (χ4v) is 2.89. The van der Waals surface area contributed by atoms with Crippen molar-refractivity contribution < 1.29 is 19.1 Å². The first kappa shape index (κ1) is 18.0. The Morgan fingerprint density at radius 1 is 1.08 bits per heavy atom. The van der Waals surface area contributed by atoms with Gasteiger partial charge >= 0.3 is 12.0 Å². The number of amides is 3. The molecule has 3 amide bonds. The Kier molecular flexibility index (Phi) is 6.35. The first-order chi connectivity index (χ1) is 11.5. The zero-order valence-corrected chi connectivity index (χ0v) is 14.1. The molecule has 0 unspecified atom stereocenters. The minimum Gasteiger partial charge on any atom is -0.449 e. The number of hydrogen-bond donors (Lipinski definition) is 2. The summed E-state index contributed by atoms with van der Waals surface area (Å²) in [5, 5.41) is 4.33. The maximum atomic E-state index is 12.1. The van der Waals surface area contributed by atoms with E-state index in [1.165, 1.54) is 51.6 Å². The van der Waals surface area contributed by atoms with Crippen molar-refractivity contribution in [1.82, 2.24) is 10.6 Å². The summed E-state index contributed by atoms with van der Waals surface area (Å²) >= 11 is 0. The maximum Gasteiger partial charge on any atom is 0.338 e. The van der Waals surface area contributed by atoms with Gasteiger partial charge in [0.05, 0.1) is 5.56 Å². The number of rotatable bonds is 4. The average molecular weight is 332 g/mol. The van der Waals surface area contributed by atoms with Crippen molar-refractivity contribution in [3.63, 3.8) is 0 Å². The first-order valence-corrected chi connectivity index (χ1v) is 8.34. The highest BCUT2D eigenvalue weighted by Gasteiger charge is 2.21. The van der Waals surface area contributed by atoms with Crippen molar-refractivity contribution in [1.29, 1.82) is 0 Å². The normalized spacial score (nSPS) is 16.1. The van der Waals surface area contributed by atoms with Gasteiger partial charge in [0, 0.05) is 7.05 Å². The van der Waals surface area contributed by atoms with Crippen LogP contribution in [0.15, 0.2) is 24.3 Å². The molecule has 0 radical (unpaired) electrons. The van der Waals surface area contributed by atoms with Crippen LogP contribution >= 0.6 is 0 Å². The molecule has 6 heteroatoms. The van der Waals surface area contributed by atoms with E-state index in [0.717, 1.165) is 0 Å². The van der Waals surface area contributed by atoms with E-state index in [0.29, 0.717) is 11.5 Å². The molecule has 1 atom stereocenters. The lowest BCUT2D eigenvalue weighted by molar-refractivity contribution is -0.127. The number of esters is 1. The monoisotopic (exact) mass is 332 g/mol. The van der Waals surface area contributed by atoms with Gasteiger partial charge in [0.15, 0.2) is 6.10 Å². The van der Waals surface area contributed by atoms with E-state index in [2.05, 4.69) is 10.6 Å². The molecular formula is C18H24N2O4. The number of hydrogen-bond acceptors (Lipinski definition) is 4. The molecule has 2 N–H and O–H groups in total. The van der Waals surface area contributed by atoms with E-state index in [1.54, 1.807) is 12.1 Å². The average Bonchev–Trinajstić information content (AvgIpc) is 2.62. The van der Waals surface area contributed by atoms with Gasteiger partial charge < -0.3 is 10.1 Å². The predicted molar refractivity (Wildman–Crippen MR) is 89.7 cm³/mol. The van der Waals surface area contributed by atoms with Crippen molar-refractivity contribution in [2.45, 2.75) is 51.0 Å². The second-order valence-electron chi connectivity index (χ2n) is 6.07. The number of nitrogens with one attached hydrogen (secondary N) is 2. The van der Waals surface area contributed by atoms with Crippen molar-refractivity contribution in [3.8, 4) is 0 Å². The molecule has 6 nitrogen and oxygen atoms in total. The van der Waals surface area contributed by atoms with Gasteiger partial charge in [0.25, 0.3) is 5.91 Å². The molecule has 2 rings (SSSR count). The largest absolute Gasteiger partial charge is 0.449 e. The number of ether oxygens (including phenoxy) is 1. The van der Waals surface area contributed by atoms with E-state index in [-0.39, 0.29) is 0 Å². The van der Waals surface area contributed by atoms with Gasteiger partial charge in [-0.3, -0.25) is 10.1 Å². The molecule has 0 heterocycles. The van der Waals surface area contributed by atoms with Gasteiger partial charge in [0.2, 0.25) is 0 Å². The summed E-state index contributed by atoms with van der Waals surface area (Å²) in [6.07, 6.45) is 5.16. The van der Waals surface area contributed by atoms with Crippen LogP contribution in [0.25, 0.3) is 0 Å². The topological polar surface area (TPSA) is 84.5 Å². The third kappa shape index (κ3) is 4.81. The molecular weight excluding hydrogens is 308 g/mol. The van der Waals surface area contributed by atoms with Crippen LogP contribution in [-0.4, -0.2) is 31.1 Å². The van der Waals surface area contributed by atoms with Gasteiger partial charge in [-0.25, -0.2) is 9.59 Å². The van der Waals surface area contributed by atoms with Crippen molar-refractivity contribution in [3.05, 3.63) is 35.4 Å². The van der Waals surface area contributed by atoms with Gasteiger partial charge in [-0.2, -0.15) is 0 Å². The van der Waals surface area contributed by atoms with E-state index < -0.39 is 24.0 Å². The lowest BCUT2D eigenvalue weighted by Crippen LogP contribution is -2.43. The van der Waals surface area contributed by atoms with Crippen LogP contribution in [-0.2, 0) is 9.53 Å². The summed E-state index contributed by atoms with van der Waals surface area (Å²) < 4.78 is 5.10. The fraction of sp³-hybridized carbons (Fsp3) is 0.500. The molecule has 0 spiro atoms. The number of carbonyl (C=O) groups is 3. The van der Waals surface area contributed by atoms with Gasteiger partial charge in [0.1, 0.15) is 0 Å². The zero-order valence-electron chi connectivity index (χ0n) is 14.1. The second kappa shape index (κ2) is 8.47. The molecule has 0 aromatic heterocycles. The lowest BCUT2D eigenvalue weighted by atomic mass is 9.84. The number of urea groups is 1.